The third-order valence-corrected chi connectivity index (χ3v) is 8.23. The van der Waals surface area contributed by atoms with Gasteiger partial charge in [-0.3, -0.25) is 0 Å². The van der Waals surface area contributed by atoms with Crippen molar-refractivity contribution in [2.75, 3.05) is 0 Å². The molecular weight excluding hydrogens is 821 g/mol. The topological polar surface area (TPSA) is 123 Å². The van der Waals surface area contributed by atoms with Gasteiger partial charge in [0.15, 0.2) is 0 Å². The van der Waals surface area contributed by atoms with Crippen molar-refractivity contribution in [3.8, 4) is 11.5 Å². The first-order chi connectivity index (χ1) is 24.3. The number of carboxylic acid groups (broad SMARTS) is 2. The summed E-state index contributed by atoms with van der Waals surface area (Å²) < 4.78 is 11.5. The van der Waals surface area contributed by atoms with Gasteiger partial charge in [-0.2, -0.15) is 0 Å². The van der Waals surface area contributed by atoms with E-state index >= 15 is 0 Å². The van der Waals surface area contributed by atoms with Crippen LogP contribution in [0.1, 0.15) is 33.4 Å². The van der Waals surface area contributed by atoms with Crippen LogP contribution in [-0.4, -0.2) is 11.9 Å². The molecule has 2 unspecified atom stereocenters. The van der Waals surface area contributed by atoms with Crippen molar-refractivity contribution in [1.29, 1.82) is 0 Å². The summed E-state index contributed by atoms with van der Waals surface area (Å²) in [6.07, 6.45) is 16.7. The molecule has 0 aliphatic carbocycles. The van der Waals surface area contributed by atoms with Crippen molar-refractivity contribution < 1.29 is 49.4 Å². The Hall–Kier alpha value is -5.89. The van der Waals surface area contributed by atoms with Crippen LogP contribution in [0.2, 0.25) is 0 Å². The van der Waals surface area contributed by atoms with Crippen LogP contribution < -0.4 is 30.3 Å². The van der Waals surface area contributed by atoms with Gasteiger partial charge < -0.3 is 39.9 Å². The van der Waals surface area contributed by atoms with Gasteiger partial charge in [0.2, 0.25) is 0 Å². The van der Waals surface area contributed by atoms with E-state index in [0.717, 1.165) is 22.3 Å². The third-order valence-electron chi connectivity index (χ3n) is 8.23. The second-order valence-corrected chi connectivity index (χ2v) is 11.4. The Labute approximate surface area is 311 Å². The molecule has 8 nitrogen and oxygen atoms in total. The van der Waals surface area contributed by atoms with Crippen molar-refractivity contribution >= 4 is 24.1 Å². The largest absolute Gasteiger partial charge is 3.00 e. The van der Waals surface area contributed by atoms with Gasteiger partial charge in [-0.05, 0) is 94.4 Å². The van der Waals surface area contributed by atoms with E-state index in [9.17, 15) is 19.8 Å². The summed E-state index contributed by atoms with van der Waals surface area (Å²) in [6, 6.07) is 29.8. The van der Waals surface area contributed by atoms with E-state index in [-0.39, 0.29) is 20.1 Å². The molecular formula is C42H36IrN2O6+. The Morgan fingerprint density at radius 3 is 1.20 bits per heavy atom. The molecule has 0 spiro atoms. The number of hydrogen-bond donors (Lipinski definition) is 2. The van der Waals surface area contributed by atoms with Gasteiger partial charge in [0.1, 0.15) is 35.8 Å². The number of rotatable bonds is 12. The Morgan fingerprint density at radius 1 is 0.569 bits per heavy atom. The number of benzene rings is 4. The second kappa shape index (κ2) is 17.7. The van der Waals surface area contributed by atoms with Gasteiger partial charge in [0.05, 0.1) is 11.9 Å². The predicted molar refractivity (Wildman–Crippen MR) is 191 cm³/mol. The molecule has 4 aromatic carbocycles. The summed E-state index contributed by atoms with van der Waals surface area (Å²) in [5.41, 5.74) is 2.66. The number of nitrogens with one attached hydrogen (secondary N) is 2. The zero-order valence-corrected chi connectivity index (χ0v) is 30.0. The van der Waals surface area contributed by atoms with E-state index in [4.69, 9.17) is 9.47 Å². The van der Waals surface area contributed by atoms with Crippen molar-refractivity contribution in [2.24, 2.45) is 0 Å². The molecule has 9 heteroatoms. The third kappa shape index (κ3) is 9.22. The maximum absolute atomic E-state index is 11.6. The number of dihydropyridines is 2. The molecule has 2 aliphatic heterocycles. The van der Waals surface area contributed by atoms with Gasteiger partial charge in [-0.25, -0.2) is 0 Å². The number of ether oxygens (including phenoxy) is 2. The van der Waals surface area contributed by atoms with Crippen LogP contribution >= 0.6 is 0 Å². The minimum absolute atomic E-state index is 0. The molecule has 0 saturated carbocycles. The minimum atomic E-state index is -1.35. The van der Waals surface area contributed by atoms with Gasteiger partial charge >= 0.3 is 20.1 Å². The molecule has 2 N–H and O–H groups in total. The molecule has 2 aliphatic rings. The summed E-state index contributed by atoms with van der Waals surface area (Å²) >= 11 is 0. The first-order valence-corrected chi connectivity index (χ1v) is 15.8. The number of carbonyl (C=O) groups is 2. The molecule has 0 radical (unpaired) electrons. The van der Waals surface area contributed by atoms with Crippen LogP contribution in [-0.2, 0) is 54.0 Å². The standard InChI is InChI=1S/2C21H19NO3.Ir/c2*1-2-16-5-7-17(8-6-16)15-25-19-11-9-18(10-12-19)21(20(23)24)13-3-4-14-22-21;/h2*2-14,22H,1,15H2,(H,23,24);/q;;+3/p-2. The van der Waals surface area contributed by atoms with E-state index in [2.05, 4.69) is 23.8 Å². The van der Waals surface area contributed by atoms with Crippen molar-refractivity contribution in [3.63, 3.8) is 0 Å². The van der Waals surface area contributed by atoms with E-state index in [1.165, 1.54) is 0 Å². The summed E-state index contributed by atoms with van der Waals surface area (Å²) in [5, 5.41) is 29.0. The Kier molecular flexibility index (Phi) is 13.1. The van der Waals surface area contributed by atoms with Crippen LogP contribution in [0.3, 0.4) is 0 Å². The maximum atomic E-state index is 11.6. The fourth-order valence-electron chi connectivity index (χ4n) is 5.28. The fraction of sp³-hybridized carbons (Fsp3) is 0.0952. The maximum Gasteiger partial charge on any atom is 3.00 e. The zero-order valence-electron chi connectivity index (χ0n) is 27.6. The summed E-state index contributed by atoms with van der Waals surface area (Å²) in [4.78, 5) is 23.3. The van der Waals surface area contributed by atoms with Crippen LogP contribution in [0, 0.1) is 0 Å². The van der Waals surface area contributed by atoms with Gasteiger partial charge in [0.25, 0.3) is 0 Å². The molecule has 6 rings (SSSR count). The average molecular weight is 857 g/mol. The number of hydrogen-bond acceptors (Lipinski definition) is 8. The molecule has 0 saturated heterocycles. The van der Waals surface area contributed by atoms with Crippen LogP contribution in [0.5, 0.6) is 11.5 Å². The van der Waals surface area contributed by atoms with Crippen LogP contribution in [0.15, 0.2) is 159 Å². The molecule has 0 bridgehead atoms. The predicted octanol–water partition coefficient (Wildman–Crippen LogP) is 5.05. The molecule has 0 amide bonds. The van der Waals surface area contributed by atoms with E-state index in [1.54, 1.807) is 110 Å². The van der Waals surface area contributed by atoms with E-state index < -0.39 is 23.0 Å². The van der Waals surface area contributed by atoms with Gasteiger partial charge in [-0.1, -0.05) is 110 Å². The quantitative estimate of drug-likeness (QED) is 0.203. The fourth-order valence-corrected chi connectivity index (χ4v) is 5.28. The summed E-state index contributed by atoms with van der Waals surface area (Å²) in [7, 11) is 0. The zero-order chi connectivity index (χ0) is 35.4. The minimum Gasteiger partial charge on any atom is -0.547 e. The monoisotopic (exact) mass is 857 g/mol. The molecule has 2 heterocycles. The Balaban J connectivity index is 0.000000224. The number of aliphatic carboxylic acids is 2. The van der Waals surface area contributed by atoms with E-state index in [1.807, 2.05) is 48.5 Å². The number of carbonyl (C=O) groups excluding carboxylic acids is 2. The Bertz CT molecular complexity index is 1790. The van der Waals surface area contributed by atoms with Crippen LogP contribution in [0.25, 0.3) is 12.2 Å². The summed E-state index contributed by atoms with van der Waals surface area (Å²) in [5.74, 6) is -1.08. The normalized spacial score (nSPS) is 18.0. The first-order valence-electron chi connectivity index (χ1n) is 15.8. The smallest absolute Gasteiger partial charge is 0.547 e. The molecule has 4 aromatic rings. The molecule has 2 atom stereocenters. The second-order valence-electron chi connectivity index (χ2n) is 11.4. The van der Waals surface area contributed by atoms with E-state index in [0.29, 0.717) is 35.8 Å². The Morgan fingerprint density at radius 2 is 0.922 bits per heavy atom. The summed E-state index contributed by atoms with van der Waals surface area (Å²) in [6.45, 7) is 8.32. The SMILES string of the molecule is C=Cc1ccc(COc2ccc(C3(C(=O)[O-])C=CC=CN3)cc2)cc1.C=Cc1ccc(COc2ccc(C3(C(=O)[O-])C=CC=CN3)cc2)cc1.[Ir+3]. The average Bonchev–Trinajstić information content (AvgIpc) is 3.17. The first kappa shape index (κ1) is 37.9. The number of carboxylic acids is 2. The number of allylic oxidation sites excluding steroid dienone is 4. The van der Waals surface area contributed by atoms with Crippen LogP contribution in [0.4, 0.5) is 0 Å². The molecule has 0 fully saturated rings. The molecule has 51 heavy (non-hydrogen) atoms. The molecule has 258 valence electrons. The van der Waals surface area contributed by atoms with Gasteiger partial charge in [0, 0.05) is 0 Å². The molecule has 0 aromatic heterocycles. The van der Waals surface area contributed by atoms with Gasteiger partial charge in [-0.15, -0.1) is 0 Å². The van der Waals surface area contributed by atoms with Crippen molar-refractivity contribution in [2.45, 2.75) is 24.3 Å². The van der Waals surface area contributed by atoms with Crippen molar-refractivity contribution in [3.05, 3.63) is 192 Å². The van der Waals surface area contributed by atoms with Crippen molar-refractivity contribution in [1.82, 2.24) is 10.6 Å².